The number of carboxylic acids is 1. The van der Waals surface area contributed by atoms with Crippen LogP contribution in [0.1, 0.15) is 29.7 Å². The zero-order valence-electron chi connectivity index (χ0n) is 21.6. The summed E-state index contributed by atoms with van der Waals surface area (Å²) in [5.74, 6) is -1.99. The van der Waals surface area contributed by atoms with Crippen molar-refractivity contribution in [3.05, 3.63) is 104 Å². The van der Waals surface area contributed by atoms with E-state index in [1.165, 1.54) is 42.8 Å². The number of aryl methyl sites for hydroxylation is 1. The highest BCUT2D eigenvalue weighted by Crippen LogP contribution is 2.39. The van der Waals surface area contributed by atoms with Crippen molar-refractivity contribution in [1.29, 1.82) is 5.26 Å². The Morgan fingerprint density at radius 1 is 1.05 bits per heavy atom. The van der Waals surface area contributed by atoms with E-state index in [9.17, 15) is 28.7 Å². The number of rotatable bonds is 5. The van der Waals surface area contributed by atoms with Gasteiger partial charge in [0.2, 0.25) is 0 Å². The number of fused-ring (bicyclic) bond motifs is 1. The van der Waals surface area contributed by atoms with Gasteiger partial charge in [-0.3, -0.25) is 9.69 Å². The predicted octanol–water partition coefficient (Wildman–Crippen LogP) is 4.60. The van der Waals surface area contributed by atoms with E-state index in [1.807, 2.05) is 11.0 Å². The molecule has 3 heterocycles. The number of carbonyl (C=O) groups is 1. The van der Waals surface area contributed by atoms with Gasteiger partial charge >= 0.3 is 5.97 Å². The van der Waals surface area contributed by atoms with Crippen molar-refractivity contribution in [2.24, 2.45) is 7.05 Å². The first kappa shape index (κ1) is 27.4. The van der Waals surface area contributed by atoms with Gasteiger partial charge in [-0.15, -0.1) is 0 Å². The van der Waals surface area contributed by atoms with Crippen LogP contribution >= 0.6 is 15.9 Å². The Labute approximate surface area is 236 Å². The summed E-state index contributed by atoms with van der Waals surface area (Å²) in [5.41, 5.74) is -0.0177. The summed E-state index contributed by atoms with van der Waals surface area (Å²) in [6.45, 7) is 1.96. The van der Waals surface area contributed by atoms with E-state index in [0.717, 1.165) is 0 Å². The van der Waals surface area contributed by atoms with Gasteiger partial charge in [-0.25, -0.2) is 18.6 Å². The Morgan fingerprint density at radius 2 is 1.62 bits per heavy atom. The molecule has 40 heavy (non-hydrogen) atoms. The van der Waals surface area contributed by atoms with Crippen LogP contribution in [0.5, 0.6) is 0 Å². The quantitative estimate of drug-likeness (QED) is 0.331. The maximum absolute atomic E-state index is 13.8. The maximum Gasteiger partial charge on any atom is 0.330 e. The van der Waals surface area contributed by atoms with Crippen LogP contribution in [-0.4, -0.2) is 50.7 Å². The molecule has 2 aromatic carbocycles. The smallest absolute Gasteiger partial charge is 0.330 e. The molecular weight excluding hydrogens is 584 g/mol. The SMILES string of the molecule is Cn1c(=O)c(C#N)c(N2CCN(C(c3ccc(F)cc3)c3ccc(F)cc3)CC2(C)C(=O)O)c2nc(Br)ccc21. The monoisotopic (exact) mass is 607 g/mol. The minimum absolute atomic E-state index is 0.0304. The van der Waals surface area contributed by atoms with Crippen molar-refractivity contribution in [2.75, 3.05) is 24.5 Å². The fraction of sp³-hybridized carbons (Fsp3) is 0.241. The molecule has 1 aliphatic rings. The topological polar surface area (TPSA) is 102 Å². The van der Waals surface area contributed by atoms with Gasteiger partial charge in [-0.1, -0.05) is 24.3 Å². The van der Waals surface area contributed by atoms with E-state index < -0.39 is 34.7 Å². The summed E-state index contributed by atoms with van der Waals surface area (Å²) in [7, 11) is 1.54. The minimum atomic E-state index is -1.61. The summed E-state index contributed by atoms with van der Waals surface area (Å²) in [6, 6.07) is 16.6. The second kappa shape index (κ2) is 10.4. The van der Waals surface area contributed by atoms with E-state index in [1.54, 1.807) is 41.3 Å². The van der Waals surface area contributed by atoms with E-state index in [-0.39, 0.29) is 24.3 Å². The molecular formula is C29H24BrF2N5O3. The van der Waals surface area contributed by atoms with Crippen molar-refractivity contribution in [3.63, 3.8) is 0 Å². The van der Waals surface area contributed by atoms with E-state index in [4.69, 9.17) is 0 Å². The number of aromatic nitrogens is 2. The molecule has 5 rings (SSSR count). The molecule has 0 aliphatic carbocycles. The van der Waals surface area contributed by atoms with Gasteiger partial charge in [0, 0.05) is 26.7 Å². The van der Waals surface area contributed by atoms with Gasteiger partial charge in [0.05, 0.1) is 17.2 Å². The Bertz CT molecular complexity index is 1670. The van der Waals surface area contributed by atoms with Crippen LogP contribution in [0.2, 0.25) is 0 Å². The highest BCUT2D eigenvalue weighted by molar-refractivity contribution is 9.10. The first-order valence-electron chi connectivity index (χ1n) is 12.4. The number of nitriles is 1. The van der Waals surface area contributed by atoms with Crippen molar-refractivity contribution < 1.29 is 18.7 Å². The summed E-state index contributed by atoms with van der Waals surface area (Å²) in [5, 5.41) is 20.6. The second-order valence-electron chi connectivity index (χ2n) is 9.91. The van der Waals surface area contributed by atoms with Crippen LogP contribution in [0.3, 0.4) is 0 Å². The third-order valence-corrected chi connectivity index (χ3v) is 7.92. The van der Waals surface area contributed by atoms with Gasteiger partial charge in [0.1, 0.15) is 38.9 Å². The molecule has 4 aromatic rings. The van der Waals surface area contributed by atoms with E-state index in [2.05, 4.69) is 20.9 Å². The number of halogens is 3. The van der Waals surface area contributed by atoms with Gasteiger partial charge in [0.15, 0.2) is 0 Å². The summed E-state index contributed by atoms with van der Waals surface area (Å²) < 4.78 is 29.4. The molecule has 0 spiro atoms. The molecule has 1 saturated heterocycles. The molecule has 1 aliphatic heterocycles. The number of pyridine rings is 2. The maximum atomic E-state index is 13.8. The molecule has 11 heteroatoms. The number of nitrogens with zero attached hydrogens (tertiary/aromatic N) is 5. The largest absolute Gasteiger partial charge is 0.479 e. The fourth-order valence-corrected chi connectivity index (χ4v) is 5.74. The second-order valence-corrected chi connectivity index (χ2v) is 10.7. The highest BCUT2D eigenvalue weighted by atomic mass is 79.9. The Kier molecular flexibility index (Phi) is 7.16. The molecule has 1 N–H and O–H groups in total. The Balaban J connectivity index is 1.66. The zero-order valence-corrected chi connectivity index (χ0v) is 23.2. The standard InChI is InChI=1S/C29H24BrF2N5O3/c1-29(28(39)40)16-36(25(17-3-7-19(31)8-4-17)18-5-9-20(32)10-6-18)13-14-37(29)26-21(15-33)27(38)35(2)22-11-12-23(30)34-24(22)26/h3-12,25H,13-14,16H2,1-2H3,(H,39,40). The fourth-order valence-electron chi connectivity index (χ4n) is 5.43. The molecule has 1 unspecified atom stereocenters. The van der Waals surface area contributed by atoms with E-state index >= 15 is 0 Å². The number of hydrogen-bond acceptors (Lipinski definition) is 6. The van der Waals surface area contributed by atoms with Gasteiger partial charge < -0.3 is 14.6 Å². The Hall–Kier alpha value is -4.14. The average molecular weight is 608 g/mol. The molecule has 1 atom stereocenters. The number of carboxylic acid groups (broad SMARTS) is 1. The molecule has 2 aromatic heterocycles. The molecule has 8 nitrogen and oxygen atoms in total. The number of piperazine rings is 1. The van der Waals surface area contributed by atoms with E-state index in [0.29, 0.717) is 33.3 Å². The van der Waals surface area contributed by atoms with Crippen molar-refractivity contribution >= 4 is 38.6 Å². The lowest BCUT2D eigenvalue weighted by Gasteiger charge is -2.50. The molecule has 0 amide bonds. The van der Waals surface area contributed by atoms with Crippen molar-refractivity contribution in [2.45, 2.75) is 18.5 Å². The number of benzene rings is 2. The summed E-state index contributed by atoms with van der Waals surface area (Å²) in [6.07, 6.45) is 0. The van der Waals surface area contributed by atoms with Gasteiger partial charge in [-0.05, 0) is 70.4 Å². The van der Waals surface area contributed by atoms with Crippen molar-refractivity contribution in [3.8, 4) is 6.07 Å². The summed E-state index contributed by atoms with van der Waals surface area (Å²) >= 11 is 3.35. The minimum Gasteiger partial charge on any atom is -0.479 e. The molecule has 204 valence electrons. The van der Waals surface area contributed by atoms with Gasteiger partial charge in [0.25, 0.3) is 5.56 Å². The lowest BCUT2D eigenvalue weighted by atomic mass is 9.89. The first-order chi connectivity index (χ1) is 19.0. The van der Waals surface area contributed by atoms with Crippen molar-refractivity contribution in [1.82, 2.24) is 14.5 Å². The van der Waals surface area contributed by atoms with Crippen LogP contribution in [-0.2, 0) is 11.8 Å². The van der Waals surface area contributed by atoms with Crippen LogP contribution in [0, 0.1) is 23.0 Å². The number of aliphatic carboxylic acids is 1. The third kappa shape index (κ3) is 4.63. The van der Waals surface area contributed by atoms with Crippen LogP contribution < -0.4 is 10.5 Å². The van der Waals surface area contributed by atoms with Crippen LogP contribution in [0.15, 0.2) is 70.1 Å². The first-order valence-corrected chi connectivity index (χ1v) is 13.2. The Morgan fingerprint density at radius 3 is 2.15 bits per heavy atom. The van der Waals surface area contributed by atoms with Gasteiger partial charge in [-0.2, -0.15) is 5.26 Å². The normalized spacial score (nSPS) is 17.8. The lowest BCUT2D eigenvalue weighted by Crippen LogP contribution is -2.65. The third-order valence-electron chi connectivity index (χ3n) is 7.48. The predicted molar refractivity (Wildman–Crippen MR) is 149 cm³/mol. The summed E-state index contributed by atoms with van der Waals surface area (Å²) in [4.78, 5) is 34.2. The molecule has 0 radical (unpaired) electrons. The van der Waals surface area contributed by atoms with Crippen LogP contribution in [0.4, 0.5) is 14.5 Å². The molecule has 0 saturated carbocycles. The average Bonchev–Trinajstić information content (AvgIpc) is 2.93. The number of hydrogen-bond donors (Lipinski definition) is 1. The molecule has 0 bridgehead atoms. The number of anilines is 1. The zero-order chi connectivity index (χ0) is 28.8. The van der Waals surface area contributed by atoms with Crippen LogP contribution in [0.25, 0.3) is 11.0 Å². The lowest BCUT2D eigenvalue weighted by molar-refractivity contribution is -0.144. The highest BCUT2D eigenvalue weighted by Gasteiger charge is 2.48. The molecule has 1 fully saturated rings.